The van der Waals surface area contributed by atoms with Crippen LogP contribution in [0.5, 0.6) is 0 Å². The van der Waals surface area contributed by atoms with Crippen LogP contribution >= 0.6 is 0 Å². The van der Waals surface area contributed by atoms with Crippen LogP contribution in [-0.4, -0.2) is 36.9 Å². The topological polar surface area (TPSA) is 99.4 Å². The molecule has 2 aliphatic rings. The number of ether oxygens (including phenoxy) is 1. The molecule has 166 valence electrons. The molecule has 31 heavy (non-hydrogen) atoms. The zero-order valence-corrected chi connectivity index (χ0v) is 17.4. The van der Waals surface area contributed by atoms with E-state index in [4.69, 9.17) is 4.74 Å². The molecule has 0 radical (unpaired) electrons. The Morgan fingerprint density at radius 1 is 1.35 bits per heavy atom. The molecular formula is C22H23F3N2O4. The SMILES string of the molecule is COC(=O)C1=C(CF)NC(C)C(CC2(C)CC2)(C(=O)O)C1c1c(F)ccc(C#N)c1F. The Kier molecular flexibility index (Phi) is 5.78. The van der Waals surface area contributed by atoms with Crippen molar-refractivity contribution in [2.75, 3.05) is 13.8 Å². The van der Waals surface area contributed by atoms with Crippen molar-refractivity contribution in [3.63, 3.8) is 0 Å². The molecule has 1 fully saturated rings. The fourth-order valence-electron chi connectivity index (χ4n) is 4.67. The van der Waals surface area contributed by atoms with Crippen LogP contribution in [0.15, 0.2) is 23.4 Å². The van der Waals surface area contributed by atoms with Gasteiger partial charge in [0.15, 0.2) is 0 Å². The number of nitrogens with one attached hydrogen (secondary N) is 1. The number of halogens is 3. The second-order valence-electron chi connectivity index (χ2n) is 8.58. The molecule has 6 nitrogen and oxygen atoms in total. The van der Waals surface area contributed by atoms with E-state index in [1.807, 2.05) is 6.92 Å². The van der Waals surface area contributed by atoms with E-state index in [1.54, 1.807) is 6.07 Å². The number of alkyl halides is 1. The van der Waals surface area contributed by atoms with Crippen molar-refractivity contribution in [3.05, 3.63) is 46.2 Å². The van der Waals surface area contributed by atoms with E-state index in [1.165, 1.54) is 6.92 Å². The molecule has 1 heterocycles. The molecule has 3 unspecified atom stereocenters. The van der Waals surface area contributed by atoms with Gasteiger partial charge < -0.3 is 15.2 Å². The Balaban J connectivity index is 2.44. The molecule has 0 spiro atoms. The molecule has 1 aromatic rings. The molecule has 9 heteroatoms. The maximum absolute atomic E-state index is 15.3. The van der Waals surface area contributed by atoms with E-state index in [0.29, 0.717) is 12.8 Å². The highest BCUT2D eigenvalue weighted by Gasteiger charge is 2.62. The van der Waals surface area contributed by atoms with Gasteiger partial charge in [-0.2, -0.15) is 5.26 Å². The molecule has 3 atom stereocenters. The van der Waals surface area contributed by atoms with Gasteiger partial charge in [0, 0.05) is 17.5 Å². The van der Waals surface area contributed by atoms with E-state index in [9.17, 15) is 24.3 Å². The summed E-state index contributed by atoms with van der Waals surface area (Å²) in [5, 5.41) is 22.4. The first-order valence-corrected chi connectivity index (χ1v) is 9.81. The summed E-state index contributed by atoms with van der Waals surface area (Å²) in [5.41, 5.74) is -4.34. The van der Waals surface area contributed by atoms with E-state index >= 15 is 8.78 Å². The van der Waals surface area contributed by atoms with Gasteiger partial charge in [0.1, 0.15) is 24.4 Å². The Morgan fingerprint density at radius 3 is 2.48 bits per heavy atom. The average Bonchev–Trinajstić information content (AvgIpc) is 3.46. The van der Waals surface area contributed by atoms with Crippen molar-refractivity contribution in [1.29, 1.82) is 5.26 Å². The van der Waals surface area contributed by atoms with Crippen LogP contribution in [0.4, 0.5) is 13.2 Å². The Hall–Kier alpha value is -3.02. The zero-order chi connectivity index (χ0) is 23.1. The summed E-state index contributed by atoms with van der Waals surface area (Å²) in [5.74, 6) is -6.57. The lowest BCUT2D eigenvalue weighted by Gasteiger charge is -2.48. The first-order chi connectivity index (χ1) is 14.6. The number of nitriles is 1. The Bertz CT molecular complexity index is 1010. The predicted octanol–water partition coefficient (Wildman–Crippen LogP) is 3.57. The smallest absolute Gasteiger partial charge is 0.336 e. The van der Waals surface area contributed by atoms with Crippen molar-refractivity contribution >= 4 is 11.9 Å². The summed E-state index contributed by atoms with van der Waals surface area (Å²) in [4.78, 5) is 25.5. The quantitative estimate of drug-likeness (QED) is 0.662. The van der Waals surface area contributed by atoms with Crippen molar-refractivity contribution in [2.24, 2.45) is 10.8 Å². The Morgan fingerprint density at radius 2 is 2.00 bits per heavy atom. The van der Waals surface area contributed by atoms with Gasteiger partial charge in [-0.15, -0.1) is 0 Å². The minimum Gasteiger partial charge on any atom is -0.481 e. The number of esters is 1. The van der Waals surface area contributed by atoms with E-state index < -0.39 is 69.7 Å². The van der Waals surface area contributed by atoms with Gasteiger partial charge in [0.2, 0.25) is 0 Å². The fraction of sp³-hybridized carbons (Fsp3) is 0.500. The monoisotopic (exact) mass is 436 g/mol. The van der Waals surface area contributed by atoms with Gasteiger partial charge in [-0.3, -0.25) is 4.79 Å². The number of hydrogen-bond donors (Lipinski definition) is 2. The summed E-state index contributed by atoms with van der Waals surface area (Å²) >= 11 is 0. The lowest BCUT2D eigenvalue weighted by Crippen LogP contribution is -2.58. The fourth-order valence-corrected chi connectivity index (χ4v) is 4.67. The largest absolute Gasteiger partial charge is 0.481 e. The third-order valence-electron chi connectivity index (χ3n) is 6.59. The average molecular weight is 436 g/mol. The molecular weight excluding hydrogens is 413 g/mol. The predicted molar refractivity (Wildman–Crippen MR) is 103 cm³/mol. The molecule has 1 aliphatic heterocycles. The van der Waals surface area contributed by atoms with Gasteiger partial charge >= 0.3 is 11.9 Å². The van der Waals surface area contributed by atoms with Crippen LogP contribution in [0.2, 0.25) is 0 Å². The first-order valence-electron chi connectivity index (χ1n) is 9.81. The van der Waals surface area contributed by atoms with Crippen LogP contribution < -0.4 is 5.32 Å². The van der Waals surface area contributed by atoms with E-state index in [2.05, 4.69) is 5.32 Å². The number of carbonyl (C=O) groups is 2. The maximum atomic E-state index is 15.3. The summed E-state index contributed by atoms with van der Waals surface area (Å²) in [7, 11) is 1.02. The minimum atomic E-state index is -1.90. The molecule has 0 aromatic heterocycles. The van der Waals surface area contributed by atoms with Crippen molar-refractivity contribution in [2.45, 2.75) is 45.1 Å². The van der Waals surface area contributed by atoms with Gasteiger partial charge in [-0.1, -0.05) is 6.92 Å². The molecule has 1 saturated carbocycles. The minimum absolute atomic E-state index is 0.0100. The lowest BCUT2D eigenvalue weighted by molar-refractivity contribution is -0.155. The highest BCUT2D eigenvalue weighted by Crippen LogP contribution is 2.60. The number of carboxylic acid groups (broad SMARTS) is 1. The summed E-state index contributed by atoms with van der Waals surface area (Å²) in [6.07, 6.45) is 1.40. The molecule has 2 N–H and O–H groups in total. The number of benzene rings is 1. The van der Waals surface area contributed by atoms with E-state index in [-0.39, 0.29) is 12.1 Å². The number of carbonyl (C=O) groups excluding carboxylic acids is 1. The van der Waals surface area contributed by atoms with Crippen LogP contribution in [0.25, 0.3) is 0 Å². The van der Waals surface area contributed by atoms with Crippen LogP contribution in [-0.2, 0) is 14.3 Å². The molecule has 1 aromatic carbocycles. The second kappa shape index (κ2) is 7.91. The number of aliphatic carboxylic acids is 1. The van der Waals surface area contributed by atoms with Crippen LogP contribution in [0.1, 0.15) is 50.2 Å². The second-order valence-corrected chi connectivity index (χ2v) is 8.58. The third-order valence-corrected chi connectivity index (χ3v) is 6.59. The maximum Gasteiger partial charge on any atom is 0.336 e. The summed E-state index contributed by atoms with van der Waals surface area (Å²) < 4.78 is 49.1. The molecule has 0 bridgehead atoms. The van der Waals surface area contributed by atoms with Gasteiger partial charge in [0.05, 0.1) is 29.4 Å². The van der Waals surface area contributed by atoms with E-state index in [0.717, 1.165) is 19.2 Å². The van der Waals surface area contributed by atoms with Crippen LogP contribution in [0.3, 0.4) is 0 Å². The van der Waals surface area contributed by atoms with Gasteiger partial charge in [-0.25, -0.2) is 18.0 Å². The van der Waals surface area contributed by atoms with Crippen molar-refractivity contribution in [3.8, 4) is 6.07 Å². The summed E-state index contributed by atoms with van der Waals surface area (Å²) in [6.45, 7) is 2.14. The summed E-state index contributed by atoms with van der Waals surface area (Å²) in [6, 6.07) is 2.40. The zero-order valence-electron chi connectivity index (χ0n) is 17.4. The van der Waals surface area contributed by atoms with Crippen molar-refractivity contribution in [1.82, 2.24) is 5.32 Å². The number of methoxy groups -OCH3 is 1. The number of rotatable bonds is 6. The number of nitrogens with zero attached hydrogens (tertiary/aromatic N) is 1. The highest BCUT2D eigenvalue weighted by molar-refractivity contribution is 5.94. The van der Waals surface area contributed by atoms with Gasteiger partial charge in [-0.05, 0) is 43.7 Å². The lowest BCUT2D eigenvalue weighted by atomic mass is 9.58. The third kappa shape index (κ3) is 3.54. The Labute approximate surface area is 177 Å². The standard InChI is InChI=1S/C22H23F3N2O4/c1-11-22(20(29)30,10-21(2)6-7-21)17(16(19(28)31-3)14(8-23)27-11)15-13(24)5-4-12(9-26)18(15)25/h4-5,11,17,27H,6-8,10H2,1-3H3,(H,29,30). The van der Waals surface area contributed by atoms with Gasteiger partial charge in [0.25, 0.3) is 0 Å². The molecule has 3 rings (SSSR count). The number of carboxylic acids is 1. The highest BCUT2D eigenvalue weighted by atomic mass is 19.1. The first kappa shape index (κ1) is 22.7. The molecule has 0 amide bonds. The van der Waals surface area contributed by atoms with Crippen molar-refractivity contribution < 1.29 is 32.6 Å². The number of hydrogen-bond acceptors (Lipinski definition) is 5. The normalized spacial score (nSPS) is 26.6. The molecule has 1 aliphatic carbocycles. The number of allylic oxidation sites excluding steroid dienone is 1. The van der Waals surface area contributed by atoms with Crippen LogP contribution in [0, 0.1) is 33.8 Å². The molecule has 0 saturated heterocycles.